The van der Waals surface area contributed by atoms with E-state index < -0.39 is 11.5 Å². The molecule has 9 nitrogen and oxygen atoms in total. The van der Waals surface area contributed by atoms with Crippen LogP contribution in [-0.2, 0) is 9.53 Å². The van der Waals surface area contributed by atoms with Gasteiger partial charge in [0, 0.05) is 0 Å². The SMILES string of the molecule is COC(=O)COc1c(Cl)cc(C=Nn2c(-c3cc4c(OC)cccc4o3)nc3ccccc3c2=O)cc1Cl. The lowest BCUT2D eigenvalue weighted by molar-refractivity contribution is -0.142. The summed E-state index contributed by atoms with van der Waals surface area (Å²) in [5.74, 6) is 0.680. The number of benzene rings is 3. The summed E-state index contributed by atoms with van der Waals surface area (Å²) in [5, 5.41) is 5.81. The molecule has 3 aromatic carbocycles. The van der Waals surface area contributed by atoms with E-state index in [1.54, 1.807) is 49.6 Å². The zero-order valence-corrected chi connectivity index (χ0v) is 21.6. The number of methoxy groups -OCH3 is 2. The van der Waals surface area contributed by atoms with Crippen LogP contribution in [-0.4, -0.2) is 42.7 Å². The van der Waals surface area contributed by atoms with Gasteiger partial charge in [-0.15, -0.1) is 0 Å². The fourth-order valence-corrected chi connectivity index (χ4v) is 4.43. The molecule has 0 spiro atoms. The number of esters is 1. The van der Waals surface area contributed by atoms with Crippen molar-refractivity contribution in [3.05, 3.63) is 86.6 Å². The molecule has 0 saturated heterocycles. The van der Waals surface area contributed by atoms with Crippen molar-refractivity contribution in [3.63, 3.8) is 0 Å². The van der Waals surface area contributed by atoms with Gasteiger partial charge in [-0.05, 0) is 48.0 Å². The molecule has 0 unspecified atom stereocenters. The molecule has 0 saturated carbocycles. The van der Waals surface area contributed by atoms with Crippen LogP contribution >= 0.6 is 23.2 Å². The van der Waals surface area contributed by atoms with Crippen molar-refractivity contribution in [1.82, 2.24) is 9.66 Å². The van der Waals surface area contributed by atoms with E-state index >= 15 is 0 Å². The number of hydrogen-bond donors (Lipinski definition) is 0. The normalized spacial score (nSPS) is 11.4. The van der Waals surface area contributed by atoms with E-state index in [1.165, 1.54) is 25.5 Å². The molecule has 11 heteroatoms. The summed E-state index contributed by atoms with van der Waals surface area (Å²) >= 11 is 12.6. The molecule has 0 aliphatic heterocycles. The fourth-order valence-electron chi connectivity index (χ4n) is 3.82. The standard InChI is InChI=1S/C27H19Cl2N3O6/c1-35-21-8-5-9-22-17(21)12-23(38-22)26-31-20-7-4-3-6-16(20)27(34)32(26)30-13-15-10-18(28)25(19(29)11-15)37-14-24(33)36-2/h3-13H,14H2,1-2H3. The highest BCUT2D eigenvalue weighted by atomic mass is 35.5. The van der Waals surface area contributed by atoms with E-state index in [0.717, 1.165) is 10.1 Å². The number of rotatable bonds is 7. The highest BCUT2D eigenvalue weighted by Gasteiger charge is 2.18. The Morgan fingerprint density at radius 3 is 2.55 bits per heavy atom. The molecular formula is C27H19Cl2N3O6. The van der Waals surface area contributed by atoms with Gasteiger partial charge in [0.15, 0.2) is 18.1 Å². The quantitative estimate of drug-likeness (QED) is 0.192. The van der Waals surface area contributed by atoms with Crippen molar-refractivity contribution in [2.24, 2.45) is 5.10 Å². The first kappa shape index (κ1) is 25.3. The van der Waals surface area contributed by atoms with Gasteiger partial charge in [-0.2, -0.15) is 9.78 Å². The lowest BCUT2D eigenvalue weighted by atomic mass is 10.2. The van der Waals surface area contributed by atoms with Gasteiger partial charge < -0.3 is 18.6 Å². The maximum Gasteiger partial charge on any atom is 0.343 e. The molecule has 0 bridgehead atoms. The van der Waals surface area contributed by atoms with Crippen molar-refractivity contribution in [2.75, 3.05) is 20.8 Å². The summed E-state index contributed by atoms with van der Waals surface area (Å²) < 4.78 is 22.5. The van der Waals surface area contributed by atoms with E-state index in [4.69, 9.17) is 37.1 Å². The van der Waals surface area contributed by atoms with Gasteiger partial charge in [0.25, 0.3) is 5.56 Å². The van der Waals surface area contributed by atoms with E-state index in [2.05, 4.69) is 14.8 Å². The van der Waals surface area contributed by atoms with Crippen LogP contribution < -0.4 is 15.0 Å². The van der Waals surface area contributed by atoms with Gasteiger partial charge >= 0.3 is 5.97 Å². The molecule has 0 N–H and O–H groups in total. The van der Waals surface area contributed by atoms with E-state index in [1.807, 2.05) is 6.07 Å². The third-order valence-corrected chi connectivity index (χ3v) is 6.18. The van der Waals surface area contributed by atoms with Gasteiger partial charge in [-0.3, -0.25) is 4.79 Å². The van der Waals surface area contributed by atoms with Crippen LogP contribution in [0.4, 0.5) is 0 Å². The van der Waals surface area contributed by atoms with Crippen LogP contribution in [0, 0.1) is 0 Å². The molecule has 0 radical (unpaired) electrons. The average molecular weight is 552 g/mol. The monoisotopic (exact) mass is 551 g/mol. The second-order valence-electron chi connectivity index (χ2n) is 7.98. The van der Waals surface area contributed by atoms with E-state index in [-0.39, 0.29) is 28.2 Å². The molecule has 0 aliphatic rings. The Kier molecular flexibility index (Phi) is 7.04. The smallest absolute Gasteiger partial charge is 0.343 e. The lowest BCUT2D eigenvalue weighted by Gasteiger charge is -2.10. The largest absolute Gasteiger partial charge is 0.496 e. The molecule has 5 aromatic rings. The minimum Gasteiger partial charge on any atom is -0.496 e. The maximum absolute atomic E-state index is 13.5. The number of ether oxygens (including phenoxy) is 3. The van der Waals surface area contributed by atoms with Crippen LogP contribution in [0.25, 0.3) is 33.5 Å². The number of para-hydroxylation sites is 1. The predicted octanol–water partition coefficient (Wildman–Crippen LogP) is 5.56. The molecular weight excluding hydrogens is 533 g/mol. The number of halogens is 2. The summed E-state index contributed by atoms with van der Waals surface area (Å²) in [7, 11) is 2.81. The Hall–Kier alpha value is -4.34. The Bertz CT molecular complexity index is 1750. The number of fused-ring (bicyclic) bond motifs is 2. The third-order valence-electron chi connectivity index (χ3n) is 5.62. The van der Waals surface area contributed by atoms with Gasteiger partial charge in [0.1, 0.15) is 11.3 Å². The minimum absolute atomic E-state index is 0.123. The second kappa shape index (κ2) is 10.6. The summed E-state index contributed by atoms with van der Waals surface area (Å²) in [6.45, 7) is -0.354. The van der Waals surface area contributed by atoms with Crippen LogP contribution in [0.3, 0.4) is 0 Å². The Morgan fingerprint density at radius 1 is 1.05 bits per heavy atom. The fraction of sp³-hybridized carbons (Fsp3) is 0.111. The highest BCUT2D eigenvalue weighted by molar-refractivity contribution is 6.37. The van der Waals surface area contributed by atoms with Crippen molar-refractivity contribution in [2.45, 2.75) is 0 Å². The summed E-state index contributed by atoms with van der Waals surface area (Å²) in [6.07, 6.45) is 1.41. The number of carbonyl (C=O) groups excluding carboxylic acids is 1. The molecule has 2 aromatic heterocycles. The van der Waals surface area contributed by atoms with Crippen molar-refractivity contribution >= 4 is 57.3 Å². The number of nitrogens with zero attached hydrogens (tertiary/aromatic N) is 3. The maximum atomic E-state index is 13.5. The van der Waals surface area contributed by atoms with Crippen molar-refractivity contribution < 1.29 is 23.4 Å². The molecule has 0 fully saturated rings. The average Bonchev–Trinajstić information content (AvgIpc) is 3.36. The van der Waals surface area contributed by atoms with Gasteiger partial charge in [-0.1, -0.05) is 41.4 Å². The van der Waals surface area contributed by atoms with Crippen molar-refractivity contribution in [3.8, 4) is 23.1 Å². The molecule has 0 amide bonds. The first-order chi connectivity index (χ1) is 18.4. The predicted molar refractivity (Wildman–Crippen MR) is 145 cm³/mol. The minimum atomic E-state index is -0.582. The van der Waals surface area contributed by atoms with Crippen LogP contribution in [0.1, 0.15) is 5.56 Å². The Balaban J connectivity index is 1.61. The van der Waals surface area contributed by atoms with Gasteiger partial charge in [0.05, 0.1) is 46.8 Å². The number of aromatic nitrogens is 2. The van der Waals surface area contributed by atoms with Crippen LogP contribution in [0.2, 0.25) is 10.0 Å². The Morgan fingerprint density at radius 2 is 1.82 bits per heavy atom. The molecule has 0 aliphatic carbocycles. The zero-order chi connectivity index (χ0) is 26.8. The summed E-state index contributed by atoms with van der Waals surface area (Å²) in [5.41, 5.74) is 1.13. The summed E-state index contributed by atoms with van der Waals surface area (Å²) in [4.78, 5) is 29.5. The Labute approximate surface area is 225 Å². The van der Waals surface area contributed by atoms with Gasteiger partial charge in [0.2, 0.25) is 5.82 Å². The molecule has 2 heterocycles. The lowest BCUT2D eigenvalue weighted by Crippen LogP contribution is -2.20. The van der Waals surface area contributed by atoms with E-state index in [9.17, 15) is 9.59 Å². The van der Waals surface area contributed by atoms with Gasteiger partial charge in [-0.25, -0.2) is 9.78 Å². The first-order valence-electron chi connectivity index (χ1n) is 11.2. The third kappa shape index (κ3) is 4.81. The summed E-state index contributed by atoms with van der Waals surface area (Å²) in [6, 6.07) is 17.2. The second-order valence-corrected chi connectivity index (χ2v) is 8.79. The molecule has 38 heavy (non-hydrogen) atoms. The topological polar surface area (TPSA) is 105 Å². The first-order valence-corrected chi connectivity index (χ1v) is 12.0. The number of carbonyl (C=O) groups is 1. The molecule has 5 rings (SSSR count). The molecule has 0 atom stereocenters. The zero-order valence-electron chi connectivity index (χ0n) is 20.1. The van der Waals surface area contributed by atoms with E-state index in [0.29, 0.717) is 33.6 Å². The highest BCUT2D eigenvalue weighted by Crippen LogP contribution is 2.35. The van der Waals surface area contributed by atoms with Crippen LogP contribution in [0.5, 0.6) is 11.5 Å². The number of furan rings is 1. The number of hydrogen-bond acceptors (Lipinski definition) is 8. The molecule has 192 valence electrons. The van der Waals surface area contributed by atoms with Crippen LogP contribution in [0.15, 0.2) is 75.0 Å². The van der Waals surface area contributed by atoms with Crippen molar-refractivity contribution in [1.29, 1.82) is 0 Å².